The number of ether oxygens (including phenoxy) is 2. The van der Waals surface area contributed by atoms with Crippen LogP contribution < -0.4 is 4.74 Å². The van der Waals surface area contributed by atoms with E-state index in [1.807, 2.05) is 0 Å². The van der Waals surface area contributed by atoms with Crippen molar-refractivity contribution in [1.82, 2.24) is 0 Å². The summed E-state index contributed by atoms with van der Waals surface area (Å²) in [4.78, 5) is 11.0. The Hall–Kier alpha value is -2.50. The van der Waals surface area contributed by atoms with E-state index in [-0.39, 0.29) is 11.1 Å². The average Bonchev–Trinajstić information content (AvgIpc) is 2.44. The maximum atomic E-state index is 14.1. The normalized spacial score (nSPS) is 10.2. The molecule has 0 aliphatic rings. The van der Waals surface area contributed by atoms with Gasteiger partial charge >= 0.3 is 6.16 Å². The number of hydrogen-bond acceptors (Lipinski definition) is 3. The summed E-state index contributed by atoms with van der Waals surface area (Å²) in [6.07, 6.45) is -1.11. The van der Waals surface area contributed by atoms with Crippen molar-refractivity contribution in [3.8, 4) is 16.9 Å². The Balaban J connectivity index is 2.50. The first-order chi connectivity index (χ1) is 9.54. The highest BCUT2D eigenvalue weighted by Gasteiger charge is 2.18. The SMILES string of the molecule is COC(=O)Oc1cccc(-c2cccc(F)c2F)c1F. The number of benzene rings is 2. The van der Waals surface area contributed by atoms with E-state index in [0.717, 1.165) is 13.2 Å². The molecule has 0 unspecified atom stereocenters. The maximum absolute atomic E-state index is 14.1. The first-order valence-corrected chi connectivity index (χ1v) is 5.53. The van der Waals surface area contributed by atoms with E-state index in [0.29, 0.717) is 0 Å². The number of carbonyl (C=O) groups excluding carboxylic acids is 1. The van der Waals surface area contributed by atoms with Crippen LogP contribution >= 0.6 is 0 Å². The van der Waals surface area contributed by atoms with Crippen LogP contribution in [0.1, 0.15) is 0 Å². The summed E-state index contributed by atoms with van der Waals surface area (Å²) in [5, 5.41) is 0. The standard InChI is InChI=1S/C14H9F3O3/c1-19-14(18)20-11-7-3-5-9(13(11)17)8-4-2-6-10(15)12(8)16/h2-7H,1H3. The zero-order valence-corrected chi connectivity index (χ0v) is 10.3. The summed E-state index contributed by atoms with van der Waals surface area (Å²) in [5.41, 5.74) is -0.485. The Morgan fingerprint density at radius 1 is 0.950 bits per heavy atom. The van der Waals surface area contributed by atoms with Crippen molar-refractivity contribution in [3.63, 3.8) is 0 Å². The first-order valence-electron chi connectivity index (χ1n) is 5.53. The first kappa shape index (κ1) is 13.9. The summed E-state index contributed by atoms with van der Waals surface area (Å²) in [5.74, 6) is -3.69. The summed E-state index contributed by atoms with van der Waals surface area (Å²) in [7, 11) is 1.07. The number of halogens is 3. The molecule has 0 heterocycles. The summed E-state index contributed by atoms with van der Waals surface area (Å²) >= 11 is 0. The molecule has 104 valence electrons. The van der Waals surface area contributed by atoms with Crippen LogP contribution in [0, 0.1) is 17.5 Å². The van der Waals surface area contributed by atoms with Gasteiger partial charge in [0.25, 0.3) is 0 Å². The minimum absolute atomic E-state index is 0.219. The van der Waals surface area contributed by atoms with Gasteiger partial charge in [0.2, 0.25) is 0 Å². The van der Waals surface area contributed by atoms with E-state index in [1.165, 1.54) is 30.3 Å². The van der Waals surface area contributed by atoms with Gasteiger partial charge in [0.1, 0.15) is 0 Å². The number of hydrogen-bond donors (Lipinski definition) is 0. The van der Waals surface area contributed by atoms with Crippen molar-refractivity contribution in [2.45, 2.75) is 0 Å². The molecule has 2 aromatic rings. The third-order valence-electron chi connectivity index (χ3n) is 2.57. The zero-order chi connectivity index (χ0) is 14.7. The highest BCUT2D eigenvalue weighted by Crippen LogP contribution is 2.31. The number of carbonyl (C=O) groups is 1. The third-order valence-corrected chi connectivity index (χ3v) is 2.57. The molecular weight excluding hydrogens is 273 g/mol. The molecule has 6 heteroatoms. The lowest BCUT2D eigenvalue weighted by atomic mass is 10.0. The van der Waals surface area contributed by atoms with E-state index in [2.05, 4.69) is 9.47 Å². The molecule has 0 saturated carbocycles. The average molecular weight is 282 g/mol. The molecule has 0 saturated heterocycles. The van der Waals surface area contributed by atoms with E-state index >= 15 is 0 Å². The molecule has 20 heavy (non-hydrogen) atoms. The van der Waals surface area contributed by atoms with Crippen LogP contribution in [0.3, 0.4) is 0 Å². The van der Waals surface area contributed by atoms with Gasteiger partial charge in [-0.1, -0.05) is 24.3 Å². The molecule has 0 amide bonds. The maximum Gasteiger partial charge on any atom is 0.513 e. The van der Waals surface area contributed by atoms with Gasteiger partial charge in [0, 0.05) is 11.1 Å². The second-order valence-corrected chi connectivity index (χ2v) is 3.78. The van der Waals surface area contributed by atoms with Crippen molar-refractivity contribution in [3.05, 3.63) is 53.8 Å². The van der Waals surface area contributed by atoms with E-state index < -0.39 is 29.4 Å². The minimum atomic E-state index is -1.18. The third kappa shape index (κ3) is 2.59. The lowest BCUT2D eigenvalue weighted by molar-refractivity contribution is 0.120. The summed E-state index contributed by atoms with van der Waals surface area (Å²) in [6.45, 7) is 0. The molecule has 3 nitrogen and oxygen atoms in total. The highest BCUT2D eigenvalue weighted by atomic mass is 19.2. The van der Waals surface area contributed by atoms with Gasteiger partial charge in [0.15, 0.2) is 23.2 Å². The molecule has 0 aliphatic carbocycles. The largest absolute Gasteiger partial charge is 0.513 e. The molecule has 2 aromatic carbocycles. The second-order valence-electron chi connectivity index (χ2n) is 3.78. The number of rotatable bonds is 2. The molecular formula is C14H9F3O3. The zero-order valence-electron chi connectivity index (χ0n) is 10.3. The smallest absolute Gasteiger partial charge is 0.437 e. The van der Waals surface area contributed by atoms with Gasteiger partial charge in [0.05, 0.1) is 7.11 Å². The molecule has 0 bridgehead atoms. The monoisotopic (exact) mass is 282 g/mol. The van der Waals surface area contributed by atoms with Crippen LogP contribution in [0.25, 0.3) is 11.1 Å². The highest BCUT2D eigenvalue weighted by molar-refractivity contribution is 5.69. The fourth-order valence-corrected chi connectivity index (χ4v) is 1.64. The van der Waals surface area contributed by atoms with E-state index in [1.54, 1.807) is 0 Å². The molecule has 0 fully saturated rings. The fourth-order valence-electron chi connectivity index (χ4n) is 1.64. The molecule has 0 aromatic heterocycles. The molecule has 0 radical (unpaired) electrons. The van der Waals surface area contributed by atoms with Crippen molar-refractivity contribution in [2.75, 3.05) is 7.11 Å². The van der Waals surface area contributed by atoms with Gasteiger partial charge in [-0.15, -0.1) is 0 Å². The van der Waals surface area contributed by atoms with Crippen LogP contribution in [0.2, 0.25) is 0 Å². The van der Waals surface area contributed by atoms with Gasteiger partial charge in [-0.2, -0.15) is 0 Å². The summed E-state index contributed by atoms with van der Waals surface area (Å²) in [6, 6.07) is 7.16. The van der Waals surface area contributed by atoms with Crippen LogP contribution in [0.4, 0.5) is 18.0 Å². The Labute approximate surface area is 112 Å². The van der Waals surface area contributed by atoms with Gasteiger partial charge in [-0.25, -0.2) is 18.0 Å². The Kier molecular flexibility index (Phi) is 3.93. The van der Waals surface area contributed by atoms with Crippen molar-refractivity contribution in [1.29, 1.82) is 0 Å². The van der Waals surface area contributed by atoms with Crippen LogP contribution in [-0.4, -0.2) is 13.3 Å². The van der Waals surface area contributed by atoms with Crippen LogP contribution in [0.15, 0.2) is 36.4 Å². The van der Waals surface area contributed by atoms with E-state index in [4.69, 9.17) is 0 Å². The fraction of sp³-hybridized carbons (Fsp3) is 0.0714. The molecule has 0 aliphatic heterocycles. The van der Waals surface area contributed by atoms with Crippen molar-refractivity contribution < 1.29 is 27.4 Å². The molecule has 2 rings (SSSR count). The minimum Gasteiger partial charge on any atom is -0.437 e. The second kappa shape index (κ2) is 5.64. The predicted molar refractivity (Wildman–Crippen MR) is 64.8 cm³/mol. The topological polar surface area (TPSA) is 35.5 Å². The molecule has 0 spiro atoms. The molecule has 0 N–H and O–H groups in total. The Morgan fingerprint density at radius 3 is 2.20 bits per heavy atom. The van der Waals surface area contributed by atoms with Gasteiger partial charge < -0.3 is 9.47 Å². The molecule has 0 atom stereocenters. The van der Waals surface area contributed by atoms with Crippen LogP contribution in [0.5, 0.6) is 5.75 Å². The van der Waals surface area contributed by atoms with Gasteiger partial charge in [-0.05, 0) is 12.1 Å². The van der Waals surface area contributed by atoms with E-state index in [9.17, 15) is 18.0 Å². The predicted octanol–water partition coefficient (Wildman–Crippen LogP) is 3.92. The van der Waals surface area contributed by atoms with Crippen LogP contribution in [-0.2, 0) is 4.74 Å². The lowest BCUT2D eigenvalue weighted by Crippen LogP contribution is -2.08. The van der Waals surface area contributed by atoms with Crippen molar-refractivity contribution >= 4 is 6.16 Å². The quantitative estimate of drug-likeness (QED) is 0.618. The number of methoxy groups -OCH3 is 1. The Bertz CT molecular complexity index is 656. The summed E-state index contributed by atoms with van der Waals surface area (Å²) < 4.78 is 49.8. The van der Waals surface area contributed by atoms with Gasteiger partial charge in [-0.3, -0.25) is 0 Å². The Morgan fingerprint density at radius 2 is 1.55 bits per heavy atom. The lowest BCUT2D eigenvalue weighted by Gasteiger charge is -2.09. The van der Waals surface area contributed by atoms with Crippen molar-refractivity contribution in [2.24, 2.45) is 0 Å².